The Bertz CT molecular complexity index is 633. The van der Waals surface area contributed by atoms with Crippen molar-refractivity contribution in [3.63, 3.8) is 0 Å². The minimum Gasteiger partial charge on any atom is -0.454 e. The Kier molecular flexibility index (Phi) is 8.43. The minimum atomic E-state index is 0. The number of nitrogens with one attached hydrogen (secondary N) is 2. The van der Waals surface area contributed by atoms with Crippen molar-refractivity contribution < 1.29 is 14.2 Å². The largest absolute Gasteiger partial charge is 0.454 e. The fourth-order valence-corrected chi connectivity index (χ4v) is 3.42. The summed E-state index contributed by atoms with van der Waals surface area (Å²) in [5.74, 6) is 2.49. The van der Waals surface area contributed by atoms with Gasteiger partial charge >= 0.3 is 0 Å². The second-order valence-corrected chi connectivity index (χ2v) is 7.02. The number of fused-ring (bicyclic) bond motifs is 1. The zero-order valence-corrected chi connectivity index (χ0v) is 18.7. The third-order valence-electron chi connectivity index (χ3n) is 5.32. The van der Waals surface area contributed by atoms with Crippen LogP contribution >= 0.6 is 24.0 Å². The lowest BCUT2D eigenvalue weighted by Crippen LogP contribution is -2.57. The average Bonchev–Trinajstić information content (AvgIpc) is 3.13. The SMILES string of the molecule is CN=C(NCCc1ccc2c(c1)OCO2)NCC1(N(C)C)CCOCC1.I. The van der Waals surface area contributed by atoms with E-state index >= 15 is 0 Å². The highest BCUT2D eigenvalue weighted by atomic mass is 127. The maximum absolute atomic E-state index is 5.53. The number of guanidine groups is 1. The van der Waals surface area contributed by atoms with Crippen molar-refractivity contribution in [3.05, 3.63) is 23.8 Å². The number of ether oxygens (including phenoxy) is 3. The zero-order chi connectivity index (χ0) is 18.4. The number of likely N-dealkylation sites (N-methyl/N-ethyl adjacent to an activating group) is 1. The van der Waals surface area contributed by atoms with E-state index in [1.54, 1.807) is 0 Å². The second-order valence-electron chi connectivity index (χ2n) is 7.02. The Morgan fingerprint density at radius 3 is 2.59 bits per heavy atom. The van der Waals surface area contributed by atoms with Gasteiger partial charge in [0, 0.05) is 38.9 Å². The standard InChI is InChI=1S/C19H30N4O3.HI/c1-20-18(22-13-19(23(2)3)7-10-24-11-8-19)21-9-6-15-4-5-16-17(12-15)26-14-25-16;/h4-5,12H,6-11,13-14H2,1-3H3,(H2,20,21,22);1H. The van der Waals surface area contributed by atoms with Gasteiger partial charge in [-0.25, -0.2) is 0 Å². The molecule has 0 aromatic heterocycles. The van der Waals surface area contributed by atoms with Crippen molar-refractivity contribution in [1.29, 1.82) is 0 Å². The highest BCUT2D eigenvalue weighted by Gasteiger charge is 2.34. The summed E-state index contributed by atoms with van der Waals surface area (Å²) >= 11 is 0. The van der Waals surface area contributed by atoms with Crippen LogP contribution in [-0.4, -0.2) is 70.6 Å². The van der Waals surface area contributed by atoms with Crippen LogP contribution in [0.3, 0.4) is 0 Å². The molecule has 0 aliphatic carbocycles. The molecule has 152 valence electrons. The third kappa shape index (κ3) is 5.61. The first-order valence-corrected chi connectivity index (χ1v) is 9.21. The smallest absolute Gasteiger partial charge is 0.231 e. The van der Waals surface area contributed by atoms with Gasteiger partial charge in [-0.15, -0.1) is 24.0 Å². The molecule has 7 nitrogen and oxygen atoms in total. The molecule has 0 spiro atoms. The molecule has 0 radical (unpaired) electrons. The number of benzene rings is 1. The molecule has 3 rings (SSSR count). The van der Waals surface area contributed by atoms with E-state index in [-0.39, 0.29) is 29.5 Å². The van der Waals surface area contributed by atoms with Gasteiger partial charge in [-0.05, 0) is 51.1 Å². The van der Waals surface area contributed by atoms with Gasteiger partial charge in [0.05, 0.1) is 0 Å². The summed E-state index contributed by atoms with van der Waals surface area (Å²) in [5.41, 5.74) is 1.33. The first-order chi connectivity index (χ1) is 12.6. The number of aliphatic imine (C=N–C) groups is 1. The average molecular weight is 490 g/mol. The van der Waals surface area contributed by atoms with Crippen molar-refractivity contribution in [2.45, 2.75) is 24.8 Å². The molecule has 0 atom stereocenters. The van der Waals surface area contributed by atoms with E-state index in [0.717, 1.165) is 63.0 Å². The number of hydrogen-bond acceptors (Lipinski definition) is 5. The van der Waals surface area contributed by atoms with Gasteiger partial charge in [-0.2, -0.15) is 0 Å². The highest BCUT2D eigenvalue weighted by molar-refractivity contribution is 14.0. The van der Waals surface area contributed by atoms with Gasteiger partial charge in [0.2, 0.25) is 6.79 Å². The fraction of sp³-hybridized carbons (Fsp3) is 0.632. The summed E-state index contributed by atoms with van der Waals surface area (Å²) in [4.78, 5) is 6.66. The minimum absolute atomic E-state index is 0. The zero-order valence-electron chi connectivity index (χ0n) is 16.4. The molecule has 0 amide bonds. The quantitative estimate of drug-likeness (QED) is 0.361. The van der Waals surface area contributed by atoms with E-state index in [9.17, 15) is 0 Å². The lowest BCUT2D eigenvalue weighted by molar-refractivity contribution is -0.00501. The molecule has 2 heterocycles. The molecule has 8 heteroatoms. The molecule has 0 unspecified atom stereocenters. The summed E-state index contributed by atoms with van der Waals surface area (Å²) in [5, 5.41) is 6.88. The van der Waals surface area contributed by atoms with E-state index in [0.29, 0.717) is 6.79 Å². The van der Waals surface area contributed by atoms with E-state index < -0.39 is 0 Å². The van der Waals surface area contributed by atoms with Crippen LogP contribution in [0.25, 0.3) is 0 Å². The van der Waals surface area contributed by atoms with Crippen LogP contribution in [0.15, 0.2) is 23.2 Å². The number of rotatable bonds is 6. The maximum Gasteiger partial charge on any atom is 0.231 e. The van der Waals surface area contributed by atoms with Crippen LogP contribution in [0.4, 0.5) is 0 Å². The monoisotopic (exact) mass is 490 g/mol. The van der Waals surface area contributed by atoms with Gasteiger partial charge in [0.15, 0.2) is 17.5 Å². The summed E-state index contributed by atoms with van der Waals surface area (Å²) in [6, 6.07) is 6.09. The maximum atomic E-state index is 5.53. The van der Waals surface area contributed by atoms with Crippen molar-refractivity contribution in [3.8, 4) is 11.5 Å². The topological polar surface area (TPSA) is 67.4 Å². The van der Waals surface area contributed by atoms with Crippen LogP contribution in [0.2, 0.25) is 0 Å². The van der Waals surface area contributed by atoms with Gasteiger partial charge in [-0.1, -0.05) is 6.07 Å². The van der Waals surface area contributed by atoms with Crippen molar-refractivity contribution >= 4 is 29.9 Å². The Labute approximate surface area is 178 Å². The van der Waals surface area contributed by atoms with Crippen molar-refractivity contribution in [2.75, 3.05) is 54.2 Å². The van der Waals surface area contributed by atoms with E-state index in [1.807, 2.05) is 19.2 Å². The Morgan fingerprint density at radius 1 is 1.15 bits per heavy atom. The van der Waals surface area contributed by atoms with Crippen LogP contribution in [0.5, 0.6) is 11.5 Å². The first-order valence-electron chi connectivity index (χ1n) is 9.21. The van der Waals surface area contributed by atoms with Crippen molar-refractivity contribution in [1.82, 2.24) is 15.5 Å². The molecule has 0 saturated carbocycles. The summed E-state index contributed by atoms with van der Waals surface area (Å²) in [6.07, 6.45) is 2.95. The van der Waals surface area contributed by atoms with Gasteiger partial charge in [0.25, 0.3) is 0 Å². The molecule has 1 fully saturated rings. The Balaban J connectivity index is 0.00000261. The Morgan fingerprint density at radius 2 is 1.89 bits per heavy atom. The van der Waals surface area contributed by atoms with E-state index in [2.05, 4.69) is 40.7 Å². The van der Waals surface area contributed by atoms with Gasteiger partial charge < -0.3 is 29.7 Å². The summed E-state index contributed by atoms with van der Waals surface area (Å²) < 4.78 is 16.3. The molecule has 1 aromatic rings. The number of nitrogens with zero attached hydrogens (tertiary/aromatic N) is 2. The molecular weight excluding hydrogens is 459 g/mol. The molecular formula is C19H31IN4O3. The normalized spacial score (nSPS) is 18.1. The third-order valence-corrected chi connectivity index (χ3v) is 5.32. The second kappa shape index (κ2) is 10.3. The van der Waals surface area contributed by atoms with Gasteiger partial charge in [0.1, 0.15) is 0 Å². The molecule has 1 aromatic carbocycles. The molecule has 2 aliphatic heterocycles. The predicted octanol–water partition coefficient (Wildman–Crippen LogP) is 1.85. The van der Waals surface area contributed by atoms with Crippen LogP contribution in [0, 0.1) is 0 Å². The van der Waals surface area contributed by atoms with Crippen molar-refractivity contribution in [2.24, 2.45) is 4.99 Å². The lowest BCUT2D eigenvalue weighted by atomic mass is 9.88. The lowest BCUT2D eigenvalue weighted by Gasteiger charge is -2.43. The predicted molar refractivity (Wildman–Crippen MR) is 118 cm³/mol. The molecule has 2 N–H and O–H groups in total. The van der Waals surface area contributed by atoms with Crippen LogP contribution in [0.1, 0.15) is 18.4 Å². The number of hydrogen-bond donors (Lipinski definition) is 2. The van der Waals surface area contributed by atoms with Crippen LogP contribution < -0.4 is 20.1 Å². The van der Waals surface area contributed by atoms with E-state index in [4.69, 9.17) is 14.2 Å². The van der Waals surface area contributed by atoms with Crippen LogP contribution in [-0.2, 0) is 11.2 Å². The highest BCUT2D eigenvalue weighted by Crippen LogP contribution is 2.32. The molecule has 27 heavy (non-hydrogen) atoms. The number of halogens is 1. The van der Waals surface area contributed by atoms with E-state index in [1.165, 1.54) is 5.56 Å². The molecule has 1 saturated heterocycles. The fourth-order valence-electron chi connectivity index (χ4n) is 3.42. The summed E-state index contributed by atoms with van der Waals surface area (Å²) in [7, 11) is 6.09. The first kappa shape index (κ1) is 22.0. The molecule has 2 aliphatic rings. The molecule has 0 bridgehead atoms. The van der Waals surface area contributed by atoms with Gasteiger partial charge in [-0.3, -0.25) is 4.99 Å². The Hall–Kier alpha value is -1.26. The summed E-state index contributed by atoms with van der Waals surface area (Å²) in [6.45, 7) is 3.60.